The van der Waals surface area contributed by atoms with E-state index in [9.17, 15) is 9.59 Å². The first kappa shape index (κ1) is 11.3. The van der Waals surface area contributed by atoms with Gasteiger partial charge in [0.15, 0.2) is 0 Å². The first-order valence-corrected chi connectivity index (χ1v) is 6.67. The van der Waals surface area contributed by atoms with Gasteiger partial charge < -0.3 is 10.2 Å². The molecular formula is C13H12N2O2S. The molecule has 0 radical (unpaired) electrons. The number of nitrogens with one attached hydrogen (secondary N) is 1. The van der Waals surface area contributed by atoms with E-state index in [0.717, 1.165) is 5.56 Å². The molecule has 2 heterocycles. The summed E-state index contributed by atoms with van der Waals surface area (Å²) in [6.07, 6.45) is 2.03. The Morgan fingerprint density at radius 1 is 1.33 bits per heavy atom. The molecule has 5 heteroatoms. The molecule has 1 fully saturated rings. The highest BCUT2D eigenvalue weighted by Gasteiger charge is 2.46. The summed E-state index contributed by atoms with van der Waals surface area (Å²) in [5.41, 5.74) is 0.963. The Labute approximate surface area is 109 Å². The molecule has 1 aromatic carbocycles. The Balaban J connectivity index is 1.74. The molecule has 1 N–H and O–H groups in total. The largest absolute Gasteiger partial charge is 0.339 e. The predicted molar refractivity (Wildman–Crippen MR) is 69.4 cm³/mol. The van der Waals surface area contributed by atoms with Crippen LogP contribution in [0.25, 0.3) is 0 Å². The Hall–Kier alpha value is -1.75. The maximum Gasteiger partial charge on any atom is 0.247 e. The number of β-lactam (4-membered cyclic amide) rings is 1. The molecule has 0 saturated carbocycles. The molecule has 92 valence electrons. The molecule has 4 nitrogen and oxygen atoms in total. The molecule has 2 aliphatic rings. The number of fused-ring (bicyclic) bond motifs is 1. The molecule has 0 aromatic heterocycles. The predicted octanol–water partition coefficient (Wildman–Crippen LogP) is 1.10. The standard InChI is InChI=1S/C13H12N2O2S/c16-10(8-9-4-2-1-3-5-9)15-6-7-18-13-11(15)12(17)14-13/h1-7,11,13H,8H2,(H,14,17). The van der Waals surface area contributed by atoms with E-state index in [2.05, 4.69) is 5.32 Å². The van der Waals surface area contributed by atoms with Crippen molar-refractivity contribution < 1.29 is 9.59 Å². The average molecular weight is 260 g/mol. The second-order valence-corrected chi connectivity index (χ2v) is 5.31. The van der Waals surface area contributed by atoms with Crippen LogP contribution in [-0.4, -0.2) is 28.1 Å². The fourth-order valence-corrected chi connectivity index (χ4v) is 3.06. The summed E-state index contributed by atoms with van der Waals surface area (Å²) in [6.45, 7) is 0. The summed E-state index contributed by atoms with van der Waals surface area (Å²) < 4.78 is 0. The molecule has 1 saturated heterocycles. The minimum Gasteiger partial charge on any atom is -0.339 e. The highest BCUT2D eigenvalue weighted by Crippen LogP contribution is 2.30. The topological polar surface area (TPSA) is 49.4 Å². The molecule has 18 heavy (non-hydrogen) atoms. The lowest BCUT2D eigenvalue weighted by atomic mass is 10.1. The van der Waals surface area contributed by atoms with E-state index in [-0.39, 0.29) is 23.2 Å². The van der Waals surface area contributed by atoms with Crippen molar-refractivity contribution in [2.45, 2.75) is 17.8 Å². The lowest BCUT2D eigenvalue weighted by Crippen LogP contribution is -2.68. The zero-order valence-corrected chi connectivity index (χ0v) is 10.4. The van der Waals surface area contributed by atoms with Crippen molar-refractivity contribution in [2.24, 2.45) is 0 Å². The van der Waals surface area contributed by atoms with Crippen LogP contribution in [0.3, 0.4) is 0 Å². The second-order valence-electron chi connectivity index (χ2n) is 4.26. The summed E-state index contributed by atoms with van der Waals surface area (Å²) in [5.74, 6) is -0.110. The quantitative estimate of drug-likeness (QED) is 0.810. The first-order valence-electron chi connectivity index (χ1n) is 5.73. The van der Waals surface area contributed by atoms with Crippen LogP contribution in [0.4, 0.5) is 0 Å². The van der Waals surface area contributed by atoms with Gasteiger partial charge in [0.25, 0.3) is 0 Å². The molecule has 2 aliphatic heterocycles. The molecule has 0 spiro atoms. The van der Waals surface area contributed by atoms with Crippen LogP contribution in [0.5, 0.6) is 0 Å². The lowest BCUT2D eigenvalue weighted by Gasteiger charge is -2.43. The van der Waals surface area contributed by atoms with Crippen LogP contribution in [-0.2, 0) is 16.0 Å². The number of amides is 2. The molecule has 2 atom stereocenters. The zero-order valence-electron chi connectivity index (χ0n) is 9.58. The van der Waals surface area contributed by atoms with Gasteiger partial charge in [0.1, 0.15) is 11.4 Å². The fourth-order valence-electron chi connectivity index (χ4n) is 2.10. The van der Waals surface area contributed by atoms with Crippen molar-refractivity contribution in [3.05, 3.63) is 47.5 Å². The van der Waals surface area contributed by atoms with Gasteiger partial charge in [-0.25, -0.2) is 0 Å². The Morgan fingerprint density at radius 3 is 2.83 bits per heavy atom. The number of hydrogen-bond donors (Lipinski definition) is 1. The molecule has 2 amide bonds. The summed E-state index contributed by atoms with van der Waals surface area (Å²) in [5, 5.41) is 4.64. The molecule has 0 bridgehead atoms. The average Bonchev–Trinajstić information content (AvgIpc) is 2.38. The van der Waals surface area contributed by atoms with E-state index in [1.807, 2.05) is 35.7 Å². The van der Waals surface area contributed by atoms with Crippen LogP contribution in [0.15, 0.2) is 41.9 Å². The third-order valence-corrected chi connectivity index (χ3v) is 4.02. The number of rotatable bonds is 2. The van der Waals surface area contributed by atoms with Crippen LogP contribution in [0, 0.1) is 0 Å². The normalized spacial score (nSPS) is 25.1. The first-order chi connectivity index (χ1) is 8.75. The maximum atomic E-state index is 12.2. The van der Waals surface area contributed by atoms with E-state index in [1.54, 1.807) is 11.1 Å². The van der Waals surface area contributed by atoms with E-state index in [4.69, 9.17) is 0 Å². The van der Waals surface area contributed by atoms with Gasteiger partial charge in [-0.1, -0.05) is 30.3 Å². The Morgan fingerprint density at radius 2 is 2.11 bits per heavy atom. The third-order valence-electron chi connectivity index (χ3n) is 3.07. The van der Waals surface area contributed by atoms with E-state index in [0.29, 0.717) is 6.42 Å². The van der Waals surface area contributed by atoms with E-state index >= 15 is 0 Å². The van der Waals surface area contributed by atoms with Gasteiger partial charge >= 0.3 is 0 Å². The van der Waals surface area contributed by atoms with Gasteiger partial charge in [-0.2, -0.15) is 0 Å². The smallest absolute Gasteiger partial charge is 0.247 e. The second kappa shape index (κ2) is 4.49. The summed E-state index contributed by atoms with van der Waals surface area (Å²) in [4.78, 5) is 25.2. The van der Waals surface area contributed by atoms with Crippen LogP contribution in [0.1, 0.15) is 5.56 Å². The monoisotopic (exact) mass is 260 g/mol. The third kappa shape index (κ3) is 1.90. The van der Waals surface area contributed by atoms with Crippen molar-refractivity contribution in [3.63, 3.8) is 0 Å². The van der Waals surface area contributed by atoms with Gasteiger partial charge in [0.05, 0.1) is 6.42 Å². The van der Waals surface area contributed by atoms with Crippen LogP contribution in [0.2, 0.25) is 0 Å². The van der Waals surface area contributed by atoms with Crippen molar-refractivity contribution >= 4 is 23.6 Å². The summed E-state index contributed by atoms with van der Waals surface area (Å²) >= 11 is 1.54. The van der Waals surface area contributed by atoms with Crippen LogP contribution < -0.4 is 5.32 Å². The van der Waals surface area contributed by atoms with Crippen molar-refractivity contribution in [1.29, 1.82) is 0 Å². The molecule has 0 aliphatic carbocycles. The minimum atomic E-state index is -0.337. The number of hydrogen-bond acceptors (Lipinski definition) is 3. The summed E-state index contributed by atoms with van der Waals surface area (Å²) in [7, 11) is 0. The van der Waals surface area contributed by atoms with Crippen molar-refractivity contribution in [1.82, 2.24) is 10.2 Å². The lowest BCUT2D eigenvalue weighted by molar-refractivity contribution is -0.142. The minimum absolute atomic E-state index is 0.0159. The zero-order chi connectivity index (χ0) is 12.5. The molecular weight excluding hydrogens is 248 g/mol. The van der Waals surface area contributed by atoms with Gasteiger partial charge in [0.2, 0.25) is 11.8 Å². The van der Waals surface area contributed by atoms with Crippen molar-refractivity contribution in [3.8, 4) is 0 Å². The van der Waals surface area contributed by atoms with Gasteiger partial charge in [-0.05, 0) is 11.0 Å². The Kier molecular flexibility index (Phi) is 2.83. The fraction of sp³-hybridized carbons (Fsp3) is 0.231. The number of carbonyl (C=O) groups excluding carboxylic acids is 2. The number of benzene rings is 1. The molecule has 3 rings (SSSR count). The summed E-state index contributed by atoms with van der Waals surface area (Å²) in [6, 6.07) is 9.22. The number of nitrogens with zero attached hydrogens (tertiary/aromatic N) is 1. The van der Waals surface area contributed by atoms with Gasteiger partial charge in [0, 0.05) is 6.20 Å². The van der Waals surface area contributed by atoms with Crippen molar-refractivity contribution in [2.75, 3.05) is 0 Å². The number of carbonyl (C=O) groups is 2. The van der Waals surface area contributed by atoms with Gasteiger partial charge in [-0.15, -0.1) is 11.8 Å². The van der Waals surface area contributed by atoms with Gasteiger partial charge in [-0.3, -0.25) is 9.59 Å². The molecule has 2 unspecified atom stereocenters. The number of thioether (sulfide) groups is 1. The highest BCUT2D eigenvalue weighted by molar-refractivity contribution is 8.02. The van der Waals surface area contributed by atoms with Crippen LogP contribution >= 0.6 is 11.8 Å². The maximum absolute atomic E-state index is 12.2. The Bertz CT molecular complexity index is 515. The highest BCUT2D eigenvalue weighted by atomic mass is 32.2. The SMILES string of the molecule is O=C1NC2SC=CN(C(=O)Cc3ccccc3)C12. The van der Waals surface area contributed by atoms with E-state index < -0.39 is 0 Å². The van der Waals surface area contributed by atoms with E-state index in [1.165, 1.54) is 11.8 Å². The molecule has 1 aromatic rings.